The quantitative estimate of drug-likeness (QED) is 0.871. The first-order valence-electron chi connectivity index (χ1n) is 7.89. The molecular formula is C19H15N5O. The summed E-state index contributed by atoms with van der Waals surface area (Å²) in [6.45, 7) is 0.627. The second kappa shape index (κ2) is 6.52. The molecule has 2 heterocycles. The van der Waals surface area contributed by atoms with Crippen LogP contribution in [0.4, 0.5) is 10.5 Å². The Kier molecular flexibility index (Phi) is 3.92. The molecule has 2 aromatic carbocycles. The van der Waals surface area contributed by atoms with Gasteiger partial charge in [-0.25, -0.2) is 9.79 Å². The van der Waals surface area contributed by atoms with Crippen molar-refractivity contribution in [2.45, 2.75) is 6.54 Å². The molecule has 1 N–H and O–H groups in total. The molecule has 0 aromatic heterocycles. The lowest BCUT2D eigenvalue weighted by molar-refractivity contribution is 0.259. The Morgan fingerprint density at radius 3 is 2.76 bits per heavy atom. The molecule has 0 bridgehead atoms. The van der Waals surface area contributed by atoms with E-state index in [2.05, 4.69) is 20.3 Å². The molecule has 4 rings (SSSR count). The zero-order chi connectivity index (χ0) is 17.1. The highest BCUT2D eigenvalue weighted by molar-refractivity contribution is 6.14. The Bertz CT molecular complexity index is 928. The number of rotatable bonds is 1. The number of urea groups is 1. The van der Waals surface area contributed by atoms with Crippen LogP contribution in [0.2, 0.25) is 0 Å². The lowest BCUT2D eigenvalue weighted by Crippen LogP contribution is -2.25. The number of fused-ring (bicyclic) bond motifs is 2. The number of amidine groups is 1. The van der Waals surface area contributed by atoms with Crippen LogP contribution in [-0.2, 0) is 6.54 Å². The molecule has 2 aliphatic rings. The van der Waals surface area contributed by atoms with E-state index in [1.807, 2.05) is 71.8 Å². The van der Waals surface area contributed by atoms with Gasteiger partial charge < -0.3 is 10.2 Å². The average Bonchev–Trinajstić information content (AvgIpc) is 2.79. The number of amides is 2. The van der Waals surface area contributed by atoms with E-state index < -0.39 is 6.03 Å². The van der Waals surface area contributed by atoms with Crippen molar-refractivity contribution in [2.24, 2.45) is 15.0 Å². The Labute approximate surface area is 144 Å². The summed E-state index contributed by atoms with van der Waals surface area (Å²) in [5.41, 5.74) is 2.55. The number of aliphatic imine (C=N–C) groups is 3. The van der Waals surface area contributed by atoms with Gasteiger partial charge in [-0.15, -0.1) is 0 Å². The van der Waals surface area contributed by atoms with Crippen LogP contribution >= 0.6 is 0 Å². The smallest absolute Gasteiger partial charge is 0.313 e. The van der Waals surface area contributed by atoms with E-state index in [9.17, 15) is 4.79 Å². The molecule has 2 aromatic rings. The van der Waals surface area contributed by atoms with Gasteiger partial charge in [0.2, 0.25) is 5.96 Å². The van der Waals surface area contributed by atoms with E-state index in [4.69, 9.17) is 0 Å². The highest BCUT2D eigenvalue weighted by atomic mass is 16.2. The molecule has 25 heavy (non-hydrogen) atoms. The van der Waals surface area contributed by atoms with E-state index in [-0.39, 0.29) is 0 Å². The van der Waals surface area contributed by atoms with Crippen molar-refractivity contribution in [2.75, 3.05) is 5.32 Å². The van der Waals surface area contributed by atoms with Crippen molar-refractivity contribution in [3.63, 3.8) is 0 Å². The van der Waals surface area contributed by atoms with Crippen LogP contribution in [0.3, 0.4) is 0 Å². The second-order valence-electron chi connectivity index (χ2n) is 5.55. The number of allylic oxidation sites excluding steroid dienone is 1. The van der Waals surface area contributed by atoms with Gasteiger partial charge in [-0.2, -0.15) is 9.98 Å². The Balaban J connectivity index is 1.72. The molecule has 0 spiro atoms. The van der Waals surface area contributed by atoms with Gasteiger partial charge in [0.1, 0.15) is 0 Å². The summed E-state index contributed by atoms with van der Waals surface area (Å²) in [5, 5.41) is 2.75. The maximum atomic E-state index is 12.3. The largest absolute Gasteiger partial charge is 0.347 e. The van der Waals surface area contributed by atoms with E-state index in [0.717, 1.165) is 11.1 Å². The number of benzene rings is 2. The number of hydrogen-bond acceptors (Lipinski definition) is 3. The number of nitrogens with one attached hydrogen (secondary N) is 1. The second-order valence-corrected chi connectivity index (χ2v) is 5.55. The number of hydrogen-bond donors (Lipinski definition) is 1. The highest BCUT2D eigenvalue weighted by Gasteiger charge is 2.21. The molecule has 0 atom stereocenters. The molecule has 0 aliphatic carbocycles. The normalized spacial score (nSPS) is 16.7. The first-order valence-corrected chi connectivity index (χ1v) is 7.89. The third-order valence-corrected chi connectivity index (χ3v) is 3.84. The van der Waals surface area contributed by atoms with Crippen LogP contribution in [0, 0.1) is 0 Å². The molecule has 0 saturated heterocycles. The SMILES string of the molecule is O=C(/N=C1/N=C2N=CC=CN2Cc2ccccc21)Nc1ccccc1. The minimum Gasteiger partial charge on any atom is -0.313 e. The summed E-state index contributed by atoms with van der Waals surface area (Å²) >= 11 is 0. The maximum Gasteiger partial charge on any atom is 0.347 e. The van der Waals surface area contributed by atoms with Crippen LogP contribution in [-0.4, -0.2) is 28.9 Å². The minimum absolute atomic E-state index is 0.356. The van der Waals surface area contributed by atoms with E-state index in [1.54, 1.807) is 6.21 Å². The Morgan fingerprint density at radius 1 is 1.08 bits per heavy atom. The number of carbonyl (C=O) groups excluding carboxylic acids is 1. The molecule has 2 aliphatic heterocycles. The van der Waals surface area contributed by atoms with Crippen LogP contribution < -0.4 is 5.32 Å². The molecule has 0 fully saturated rings. The molecule has 2 amide bonds. The molecule has 0 saturated carbocycles. The predicted octanol–water partition coefficient (Wildman–Crippen LogP) is 3.44. The molecular weight excluding hydrogens is 314 g/mol. The first-order chi connectivity index (χ1) is 12.3. The van der Waals surface area contributed by atoms with Crippen molar-refractivity contribution in [1.29, 1.82) is 0 Å². The summed E-state index contributed by atoms with van der Waals surface area (Å²) in [5.74, 6) is 0.874. The number of nitrogens with zero attached hydrogens (tertiary/aromatic N) is 4. The molecule has 6 heteroatoms. The van der Waals surface area contributed by atoms with Crippen LogP contribution in [0.5, 0.6) is 0 Å². The highest BCUT2D eigenvalue weighted by Crippen LogP contribution is 2.20. The average molecular weight is 329 g/mol. The van der Waals surface area contributed by atoms with Gasteiger partial charge in [-0.3, -0.25) is 0 Å². The molecule has 6 nitrogen and oxygen atoms in total. The monoisotopic (exact) mass is 329 g/mol. The summed E-state index contributed by atoms with van der Waals surface area (Å²) < 4.78 is 0. The van der Waals surface area contributed by atoms with Crippen molar-refractivity contribution >= 4 is 29.7 Å². The summed E-state index contributed by atoms with van der Waals surface area (Å²) in [7, 11) is 0. The van der Waals surface area contributed by atoms with Gasteiger partial charge in [-0.1, -0.05) is 42.5 Å². The summed E-state index contributed by atoms with van der Waals surface area (Å²) in [4.78, 5) is 27.2. The van der Waals surface area contributed by atoms with Gasteiger partial charge in [0.25, 0.3) is 0 Å². The summed E-state index contributed by atoms with van der Waals surface area (Å²) in [6.07, 6.45) is 5.44. The molecule has 0 radical (unpaired) electrons. The van der Waals surface area contributed by atoms with Gasteiger partial charge in [0.15, 0.2) is 5.84 Å². The third-order valence-electron chi connectivity index (χ3n) is 3.84. The van der Waals surface area contributed by atoms with Gasteiger partial charge >= 0.3 is 6.03 Å². The fraction of sp³-hybridized carbons (Fsp3) is 0.0526. The van der Waals surface area contributed by atoms with Crippen LogP contribution in [0.15, 0.2) is 81.9 Å². The zero-order valence-electron chi connectivity index (χ0n) is 13.3. The van der Waals surface area contributed by atoms with Crippen LogP contribution in [0.1, 0.15) is 11.1 Å². The molecule has 0 unspecified atom stereocenters. The molecule has 122 valence electrons. The Hall–Kier alpha value is -3.54. The van der Waals surface area contributed by atoms with Crippen LogP contribution in [0.25, 0.3) is 0 Å². The number of para-hydroxylation sites is 1. The first kappa shape index (κ1) is 15.0. The van der Waals surface area contributed by atoms with Crippen molar-refractivity contribution in [3.8, 4) is 0 Å². The third kappa shape index (κ3) is 3.23. The van der Waals surface area contributed by atoms with Crippen molar-refractivity contribution in [3.05, 3.63) is 78.0 Å². The number of carbonyl (C=O) groups is 1. The van der Waals surface area contributed by atoms with Crippen molar-refractivity contribution < 1.29 is 4.79 Å². The van der Waals surface area contributed by atoms with Gasteiger partial charge in [-0.05, 0) is 23.8 Å². The lowest BCUT2D eigenvalue weighted by Gasteiger charge is -2.19. The minimum atomic E-state index is -0.468. The zero-order valence-corrected chi connectivity index (χ0v) is 13.3. The fourth-order valence-corrected chi connectivity index (χ4v) is 2.68. The predicted molar refractivity (Wildman–Crippen MR) is 99.0 cm³/mol. The number of guanidine groups is 1. The summed E-state index contributed by atoms with van der Waals surface area (Å²) in [6, 6.07) is 16.5. The van der Waals surface area contributed by atoms with E-state index in [1.165, 1.54) is 0 Å². The Morgan fingerprint density at radius 2 is 1.88 bits per heavy atom. The maximum absolute atomic E-state index is 12.3. The van der Waals surface area contributed by atoms with E-state index >= 15 is 0 Å². The lowest BCUT2D eigenvalue weighted by atomic mass is 10.1. The fourth-order valence-electron chi connectivity index (χ4n) is 2.68. The van der Waals surface area contributed by atoms with E-state index in [0.29, 0.717) is 24.0 Å². The van der Waals surface area contributed by atoms with Gasteiger partial charge in [0.05, 0.1) is 6.54 Å². The van der Waals surface area contributed by atoms with Crippen molar-refractivity contribution in [1.82, 2.24) is 4.90 Å². The number of anilines is 1. The standard InChI is InChI=1S/C19H15N5O/c25-19(21-15-8-2-1-3-9-15)23-17-16-10-5-4-7-14(16)13-24-12-6-11-20-18(24)22-17/h1-12H,13H2,(H,21,25)/b23-17+. The topological polar surface area (TPSA) is 69.4 Å². The van der Waals surface area contributed by atoms with Gasteiger partial charge in [0, 0.05) is 23.7 Å².